The third-order valence-corrected chi connectivity index (χ3v) is 3.32. The Morgan fingerprint density at radius 2 is 2.08 bits per heavy atom. The minimum Gasteiger partial charge on any atom is -0.349 e. The van der Waals surface area contributed by atoms with Crippen molar-refractivity contribution in [3.63, 3.8) is 0 Å². The van der Waals surface area contributed by atoms with Crippen LogP contribution < -0.4 is 0 Å². The second kappa shape index (κ2) is 2.57. The summed E-state index contributed by atoms with van der Waals surface area (Å²) in [7, 11) is 0. The van der Waals surface area contributed by atoms with Gasteiger partial charge in [0.1, 0.15) is 12.9 Å². The minimum absolute atomic E-state index is 0.344. The smallest absolute Gasteiger partial charge is 0.148 e. The summed E-state index contributed by atoms with van der Waals surface area (Å²) in [5, 5.41) is 0. The van der Waals surface area contributed by atoms with E-state index in [1.54, 1.807) is 11.1 Å². The highest BCUT2D eigenvalue weighted by Gasteiger charge is 2.38. The average molecular weight is 166 g/mol. The van der Waals surface area contributed by atoms with Gasteiger partial charge >= 0.3 is 0 Å². The minimum atomic E-state index is 0.344. The molecule has 0 aromatic heterocycles. The van der Waals surface area contributed by atoms with Gasteiger partial charge in [-0.15, -0.1) is 0 Å². The summed E-state index contributed by atoms with van der Waals surface area (Å²) in [6.45, 7) is 0.520. The summed E-state index contributed by atoms with van der Waals surface area (Å²) in [6, 6.07) is 0. The maximum absolute atomic E-state index is 5.59. The largest absolute Gasteiger partial charge is 0.349 e. The maximum atomic E-state index is 5.59. The molecule has 3 rings (SSSR count). The van der Waals surface area contributed by atoms with Crippen molar-refractivity contribution in [3.05, 3.63) is 11.1 Å². The van der Waals surface area contributed by atoms with Crippen molar-refractivity contribution in [3.8, 4) is 0 Å². The van der Waals surface area contributed by atoms with E-state index in [4.69, 9.17) is 9.47 Å². The highest BCUT2D eigenvalue weighted by molar-refractivity contribution is 5.28. The van der Waals surface area contributed by atoms with E-state index in [0.29, 0.717) is 19.0 Å². The SMILES string of the molecule is C1CC2=C(C1)C1OCOC1CC2. The number of hydrogen-bond donors (Lipinski definition) is 0. The van der Waals surface area contributed by atoms with E-state index in [-0.39, 0.29) is 0 Å². The van der Waals surface area contributed by atoms with Gasteiger partial charge in [-0.25, -0.2) is 0 Å². The van der Waals surface area contributed by atoms with Gasteiger partial charge in [-0.3, -0.25) is 0 Å². The van der Waals surface area contributed by atoms with E-state index in [0.717, 1.165) is 0 Å². The first-order valence-electron chi connectivity index (χ1n) is 4.89. The van der Waals surface area contributed by atoms with E-state index in [9.17, 15) is 0 Å². The molecule has 0 amide bonds. The molecule has 1 heterocycles. The van der Waals surface area contributed by atoms with Crippen molar-refractivity contribution < 1.29 is 9.47 Å². The van der Waals surface area contributed by atoms with Crippen LogP contribution in [0.3, 0.4) is 0 Å². The number of rotatable bonds is 0. The van der Waals surface area contributed by atoms with Crippen LogP contribution in [0.4, 0.5) is 0 Å². The van der Waals surface area contributed by atoms with Crippen molar-refractivity contribution in [2.24, 2.45) is 0 Å². The number of ether oxygens (including phenoxy) is 2. The van der Waals surface area contributed by atoms with Crippen LogP contribution in [0.2, 0.25) is 0 Å². The van der Waals surface area contributed by atoms with Crippen LogP contribution in [0.15, 0.2) is 11.1 Å². The Balaban J connectivity index is 1.93. The molecule has 0 bridgehead atoms. The molecular formula is C10H14O2. The summed E-state index contributed by atoms with van der Waals surface area (Å²) >= 11 is 0. The van der Waals surface area contributed by atoms with Crippen LogP contribution in [0.1, 0.15) is 32.1 Å². The highest BCUT2D eigenvalue weighted by atomic mass is 16.7. The molecule has 2 heteroatoms. The molecule has 1 fully saturated rings. The summed E-state index contributed by atoms with van der Waals surface area (Å²) < 4.78 is 11.1. The molecule has 0 saturated carbocycles. The van der Waals surface area contributed by atoms with Crippen LogP contribution in [-0.2, 0) is 9.47 Å². The predicted octanol–water partition coefficient (Wildman–Crippen LogP) is 2.00. The van der Waals surface area contributed by atoms with Crippen molar-refractivity contribution in [2.75, 3.05) is 6.79 Å². The number of hydrogen-bond acceptors (Lipinski definition) is 2. The highest BCUT2D eigenvalue weighted by Crippen LogP contribution is 2.41. The third-order valence-electron chi connectivity index (χ3n) is 3.32. The van der Waals surface area contributed by atoms with Crippen molar-refractivity contribution in [1.29, 1.82) is 0 Å². The van der Waals surface area contributed by atoms with Gasteiger partial charge in [-0.1, -0.05) is 5.57 Å². The standard InChI is InChI=1S/C10H14O2/c1-2-7-4-5-9-10(8(7)3-1)12-6-11-9/h9-10H,1-6H2. The Kier molecular flexibility index (Phi) is 1.52. The second-order valence-corrected chi connectivity index (χ2v) is 3.93. The zero-order valence-electron chi connectivity index (χ0n) is 7.21. The van der Waals surface area contributed by atoms with Gasteiger partial charge in [0.25, 0.3) is 0 Å². The topological polar surface area (TPSA) is 18.5 Å². The van der Waals surface area contributed by atoms with E-state index in [1.165, 1.54) is 32.1 Å². The predicted molar refractivity (Wildman–Crippen MR) is 44.7 cm³/mol. The molecule has 2 unspecified atom stereocenters. The zero-order chi connectivity index (χ0) is 7.97. The summed E-state index contributed by atoms with van der Waals surface area (Å²) in [5.41, 5.74) is 3.27. The molecule has 2 aliphatic carbocycles. The zero-order valence-corrected chi connectivity index (χ0v) is 7.21. The Morgan fingerprint density at radius 3 is 3.08 bits per heavy atom. The van der Waals surface area contributed by atoms with Gasteiger partial charge in [0.2, 0.25) is 0 Å². The lowest BCUT2D eigenvalue weighted by Gasteiger charge is -2.24. The fourth-order valence-corrected chi connectivity index (χ4v) is 2.73. The molecule has 0 aromatic carbocycles. The van der Waals surface area contributed by atoms with E-state index < -0.39 is 0 Å². The molecule has 12 heavy (non-hydrogen) atoms. The number of fused-ring (bicyclic) bond motifs is 2. The fraction of sp³-hybridized carbons (Fsp3) is 0.800. The van der Waals surface area contributed by atoms with Gasteiger partial charge in [0, 0.05) is 0 Å². The molecule has 2 atom stereocenters. The van der Waals surface area contributed by atoms with Crippen molar-refractivity contribution in [1.82, 2.24) is 0 Å². The van der Waals surface area contributed by atoms with Crippen molar-refractivity contribution in [2.45, 2.75) is 44.3 Å². The van der Waals surface area contributed by atoms with Crippen LogP contribution in [0.5, 0.6) is 0 Å². The van der Waals surface area contributed by atoms with Crippen LogP contribution in [0, 0.1) is 0 Å². The van der Waals surface area contributed by atoms with Gasteiger partial charge < -0.3 is 9.47 Å². The van der Waals surface area contributed by atoms with Gasteiger partial charge in [-0.05, 0) is 37.7 Å². The Morgan fingerprint density at radius 1 is 1.08 bits per heavy atom. The Hall–Kier alpha value is -0.340. The molecule has 2 nitrogen and oxygen atoms in total. The maximum Gasteiger partial charge on any atom is 0.148 e. The first kappa shape index (κ1) is 7.10. The molecule has 0 radical (unpaired) electrons. The lowest BCUT2D eigenvalue weighted by atomic mass is 9.89. The first-order chi connectivity index (χ1) is 5.95. The quantitative estimate of drug-likeness (QED) is 0.512. The molecule has 3 aliphatic rings. The molecule has 66 valence electrons. The first-order valence-corrected chi connectivity index (χ1v) is 4.89. The average Bonchev–Trinajstić information content (AvgIpc) is 2.71. The van der Waals surface area contributed by atoms with E-state index in [1.807, 2.05) is 0 Å². The summed E-state index contributed by atoms with van der Waals surface area (Å²) in [4.78, 5) is 0. The summed E-state index contributed by atoms with van der Waals surface area (Å²) in [6.07, 6.45) is 7.11. The monoisotopic (exact) mass is 166 g/mol. The molecule has 1 saturated heterocycles. The normalized spacial score (nSPS) is 40.0. The summed E-state index contributed by atoms with van der Waals surface area (Å²) in [5.74, 6) is 0. The number of allylic oxidation sites excluding steroid dienone is 1. The molecule has 0 N–H and O–H groups in total. The van der Waals surface area contributed by atoms with Gasteiger partial charge in [-0.2, -0.15) is 0 Å². The lowest BCUT2D eigenvalue weighted by molar-refractivity contribution is 0.0415. The fourth-order valence-electron chi connectivity index (χ4n) is 2.73. The van der Waals surface area contributed by atoms with Crippen molar-refractivity contribution >= 4 is 0 Å². The van der Waals surface area contributed by atoms with Crippen LogP contribution in [-0.4, -0.2) is 19.0 Å². The van der Waals surface area contributed by atoms with Crippen LogP contribution in [0.25, 0.3) is 0 Å². The third kappa shape index (κ3) is 0.882. The van der Waals surface area contributed by atoms with E-state index in [2.05, 4.69) is 0 Å². The second-order valence-electron chi connectivity index (χ2n) is 3.93. The lowest BCUT2D eigenvalue weighted by Crippen LogP contribution is -2.28. The Bertz CT molecular complexity index is 232. The Labute approximate surface area is 72.5 Å². The molecule has 0 spiro atoms. The van der Waals surface area contributed by atoms with Gasteiger partial charge in [0.05, 0.1) is 6.10 Å². The van der Waals surface area contributed by atoms with E-state index >= 15 is 0 Å². The van der Waals surface area contributed by atoms with Crippen LogP contribution >= 0.6 is 0 Å². The molecule has 0 aromatic rings. The molecular weight excluding hydrogens is 152 g/mol. The van der Waals surface area contributed by atoms with Gasteiger partial charge in [0.15, 0.2) is 0 Å². The molecule has 1 aliphatic heterocycles.